The quantitative estimate of drug-likeness (QED) is 0.580. The third kappa shape index (κ3) is 5.31. The van der Waals surface area contributed by atoms with E-state index in [2.05, 4.69) is 19.7 Å². The van der Waals surface area contributed by atoms with Crippen LogP contribution in [-0.4, -0.2) is 0 Å². The lowest BCUT2D eigenvalue weighted by Gasteiger charge is -2.03. The summed E-state index contributed by atoms with van der Waals surface area (Å²) in [7, 11) is 0. The van der Waals surface area contributed by atoms with Gasteiger partial charge < -0.3 is 0 Å². The first-order valence-electron chi connectivity index (χ1n) is 4.12. The molecule has 0 atom stereocenters. The number of rotatable bonds is 5. The molecular weight excluding hydrogens is 176 g/mol. The molecule has 0 N–H and O–H groups in total. The normalized spacial score (nSPS) is 10.9. The molecule has 13 heavy (non-hydrogen) atoms. The van der Waals surface area contributed by atoms with Crippen molar-refractivity contribution < 1.29 is 0 Å². The van der Waals surface area contributed by atoms with Gasteiger partial charge in [0.05, 0.1) is 0 Å². The standard InChI is InChI=1S/C12H16S/c1-6-8-10(3)12(5)13-11(4)9-7-2/h6-9H,3-5H2,1-2H3. The summed E-state index contributed by atoms with van der Waals surface area (Å²) in [6.07, 6.45) is 7.81. The monoisotopic (exact) mass is 192 g/mol. The van der Waals surface area contributed by atoms with E-state index in [1.807, 2.05) is 38.2 Å². The lowest BCUT2D eigenvalue weighted by atomic mass is 10.3. The number of hydrogen-bond donors (Lipinski definition) is 0. The van der Waals surface area contributed by atoms with Gasteiger partial charge in [-0.05, 0) is 19.4 Å². The molecule has 0 aliphatic carbocycles. The van der Waals surface area contributed by atoms with Crippen LogP contribution in [0.1, 0.15) is 13.8 Å². The molecule has 0 saturated heterocycles. The minimum absolute atomic E-state index is 0.943. The molecule has 0 saturated carbocycles. The fourth-order valence-electron chi connectivity index (χ4n) is 0.738. The van der Waals surface area contributed by atoms with Crippen molar-refractivity contribution in [2.75, 3.05) is 0 Å². The van der Waals surface area contributed by atoms with Gasteiger partial charge in [0.1, 0.15) is 0 Å². The van der Waals surface area contributed by atoms with Crippen LogP contribution in [0.2, 0.25) is 0 Å². The minimum atomic E-state index is 0.943. The first-order chi connectivity index (χ1) is 6.11. The molecule has 0 aliphatic heterocycles. The second-order valence-corrected chi connectivity index (χ2v) is 3.74. The van der Waals surface area contributed by atoms with Crippen molar-refractivity contribution in [3.8, 4) is 0 Å². The molecule has 0 unspecified atom stereocenters. The zero-order valence-corrected chi connectivity index (χ0v) is 9.16. The smallest absolute Gasteiger partial charge is 0.0116 e. The Balaban J connectivity index is 4.16. The van der Waals surface area contributed by atoms with Gasteiger partial charge in [-0.15, -0.1) is 0 Å². The van der Waals surface area contributed by atoms with Crippen LogP contribution in [0.25, 0.3) is 0 Å². The Morgan fingerprint density at radius 1 is 1.00 bits per heavy atom. The van der Waals surface area contributed by atoms with E-state index in [-0.39, 0.29) is 0 Å². The molecule has 1 heteroatoms. The fraction of sp³-hybridized carbons (Fsp3) is 0.167. The molecule has 0 aromatic rings. The van der Waals surface area contributed by atoms with Gasteiger partial charge in [0.2, 0.25) is 0 Å². The molecule has 0 bridgehead atoms. The first-order valence-corrected chi connectivity index (χ1v) is 4.93. The zero-order valence-electron chi connectivity index (χ0n) is 8.34. The third-order valence-corrected chi connectivity index (χ3v) is 2.24. The Morgan fingerprint density at radius 2 is 1.54 bits per heavy atom. The molecule has 0 rings (SSSR count). The molecule has 0 heterocycles. The van der Waals surface area contributed by atoms with Gasteiger partial charge in [-0.1, -0.05) is 55.8 Å². The Kier molecular flexibility index (Phi) is 6.07. The van der Waals surface area contributed by atoms with E-state index in [0.717, 1.165) is 15.4 Å². The summed E-state index contributed by atoms with van der Waals surface area (Å²) >= 11 is 1.55. The number of allylic oxidation sites excluding steroid dienone is 5. The first kappa shape index (κ1) is 12.0. The maximum atomic E-state index is 3.91. The van der Waals surface area contributed by atoms with Crippen molar-refractivity contribution >= 4 is 11.8 Å². The molecular formula is C12H16S. The van der Waals surface area contributed by atoms with Crippen molar-refractivity contribution in [1.29, 1.82) is 0 Å². The largest absolute Gasteiger partial charge is 0.0908 e. The maximum absolute atomic E-state index is 3.91. The molecule has 0 spiro atoms. The number of thioether (sulfide) groups is 1. The fourth-order valence-corrected chi connectivity index (χ4v) is 1.46. The van der Waals surface area contributed by atoms with Crippen LogP contribution in [0.5, 0.6) is 0 Å². The van der Waals surface area contributed by atoms with E-state index < -0.39 is 0 Å². The van der Waals surface area contributed by atoms with E-state index in [9.17, 15) is 0 Å². The van der Waals surface area contributed by atoms with E-state index >= 15 is 0 Å². The predicted octanol–water partition coefficient (Wildman–Crippen LogP) is 4.46. The van der Waals surface area contributed by atoms with Crippen LogP contribution in [0, 0.1) is 0 Å². The highest BCUT2D eigenvalue weighted by molar-refractivity contribution is 8.07. The summed E-state index contributed by atoms with van der Waals surface area (Å²) in [4.78, 5) is 1.93. The van der Waals surface area contributed by atoms with E-state index in [1.165, 1.54) is 0 Å². The molecule has 0 aromatic carbocycles. The van der Waals surface area contributed by atoms with Gasteiger partial charge in [0.15, 0.2) is 0 Å². The molecule has 0 radical (unpaired) electrons. The van der Waals surface area contributed by atoms with Crippen molar-refractivity contribution in [3.63, 3.8) is 0 Å². The van der Waals surface area contributed by atoms with Crippen LogP contribution in [-0.2, 0) is 0 Å². The van der Waals surface area contributed by atoms with E-state index in [1.54, 1.807) is 11.8 Å². The average molecular weight is 192 g/mol. The van der Waals surface area contributed by atoms with Crippen molar-refractivity contribution in [3.05, 3.63) is 59.4 Å². The Labute approximate surface area is 85.4 Å². The van der Waals surface area contributed by atoms with Crippen molar-refractivity contribution in [1.82, 2.24) is 0 Å². The highest BCUT2D eigenvalue weighted by atomic mass is 32.2. The maximum Gasteiger partial charge on any atom is 0.0116 e. The van der Waals surface area contributed by atoms with Gasteiger partial charge in [-0.2, -0.15) is 0 Å². The predicted molar refractivity (Wildman–Crippen MR) is 64.6 cm³/mol. The molecule has 0 aromatic heterocycles. The van der Waals surface area contributed by atoms with Crippen LogP contribution < -0.4 is 0 Å². The summed E-state index contributed by atoms with van der Waals surface area (Å²) in [5.74, 6) is 0. The van der Waals surface area contributed by atoms with Gasteiger partial charge in [0.25, 0.3) is 0 Å². The van der Waals surface area contributed by atoms with Gasteiger partial charge >= 0.3 is 0 Å². The second kappa shape index (κ2) is 6.55. The van der Waals surface area contributed by atoms with Crippen LogP contribution in [0.4, 0.5) is 0 Å². The van der Waals surface area contributed by atoms with Crippen LogP contribution in [0.15, 0.2) is 59.4 Å². The Bertz CT molecular complexity index is 267. The van der Waals surface area contributed by atoms with E-state index in [0.29, 0.717) is 0 Å². The van der Waals surface area contributed by atoms with Crippen molar-refractivity contribution in [2.24, 2.45) is 0 Å². The average Bonchev–Trinajstić information content (AvgIpc) is 2.05. The molecule has 0 aliphatic rings. The SMILES string of the molecule is C=C(C=CC)SC(=C)C(=C)C=CC. The zero-order chi connectivity index (χ0) is 10.3. The lowest BCUT2D eigenvalue weighted by molar-refractivity contribution is 1.65. The summed E-state index contributed by atoms with van der Waals surface area (Å²) in [6, 6.07) is 0. The summed E-state index contributed by atoms with van der Waals surface area (Å²) in [5, 5.41) is 0. The van der Waals surface area contributed by atoms with Crippen molar-refractivity contribution in [2.45, 2.75) is 13.8 Å². The Morgan fingerprint density at radius 3 is 2.00 bits per heavy atom. The second-order valence-electron chi connectivity index (χ2n) is 2.52. The van der Waals surface area contributed by atoms with Gasteiger partial charge in [0, 0.05) is 9.81 Å². The summed E-state index contributed by atoms with van der Waals surface area (Å²) in [6.45, 7) is 15.6. The summed E-state index contributed by atoms with van der Waals surface area (Å²) in [5.41, 5.74) is 0.943. The molecule has 0 fully saturated rings. The minimum Gasteiger partial charge on any atom is -0.0908 e. The Hall–Kier alpha value is -0.950. The molecule has 70 valence electrons. The summed E-state index contributed by atoms with van der Waals surface area (Å²) < 4.78 is 0. The van der Waals surface area contributed by atoms with Gasteiger partial charge in [-0.3, -0.25) is 0 Å². The molecule has 0 amide bonds. The van der Waals surface area contributed by atoms with Gasteiger partial charge in [-0.25, -0.2) is 0 Å². The highest BCUT2D eigenvalue weighted by Gasteiger charge is 1.97. The van der Waals surface area contributed by atoms with Crippen LogP contribution >= 0.6 is 11.8 Å². The lowest BCUT2D eigenvalue weighted by Crippen LogP contribution is -1.77. The third-order valence-electron chi connectivity index (χ3n) is 1.33. The highest BCUT2D eigenvalue weighted by Crippen LogP contribution is 2.28. The van der Waals surface area contributed by atoms with Crippen LogP contribution in [0.3, 0.4) is 0 Å². The molecule has 0 nitrogen and oxygen atoms in total. The number of hydrogen-bond acceptors (Lipinski definition) is 1. The topological polar surface area (TPSA) is 0 Å². The van der Waals surface area contributed by atoms with E-state index in [4.69, 9.17) is 0 Å².